The summed E-state index contributed by atoms with van der Waals surface area (Å²) in [5.41, 5.74) is 2.34. The molecule has 0 N–H and O–H groups in total. The molecule has 1 aromatic rings. The van der Waals surface area contributed by atoms with Crippen molar-refractivity contribution >= 4 is 5.78 Å². The molecule has 1 aliphatic rings. The van der Waals surface area contributed by atoms with E-state index in [1.165, 1.54) is 5.69 Å². The third-order valence-corrected chi connectivity index (χ3v) is 2.18. The van der Waals surface area contributed by atoms with Gasteiger partial charge in [-0.3, -0.25) is 9.48 Å². The van der Waals surface area contributed by atoms with E-state index in [9.17, 15) is 4.79 Å². The van der Waals surface area contributed by atoms with Crippen LogP contribution in [-0.4, -0.2) is 15.6 Å². The van der Waals surface area contributed by atoms with Crippen molar-refractivity contribution in [2.45, 2.75) is 19.3 Å². The topological polar surface area (TPSA) is 34.9 Å². The normalized spacial score (nSPS) is 16.6. The third kappa shape index (κ3) is 0.964. The lowest BCUT2D eigenvalue weighted by Gasteiger charge is -2.10. The van der Waals surface area contributed by atoms with Crippen LogP contribution in [0.4, 0.5) is 0 Å². The molecule has 3 heteroatoms. The molecule has 58 valence electrons. The Kier molecular flexibility index (Phi) is 1.31. The van der Waals surface area contributed by atoms with Gasteiger partial charge in [0.25, 0.3) is 0 Å². The first-order valence-electron chi connectivity index (χ1n) is 3.79. The number of carbonyl (C=O) groups excluding carboxylic acids is 1. The van der Waals surface area contributed by atoms with Crippen molar-refractivity contribution in [1.29, 1.82) is 0 Å². The van der Waals surface area contributed by atoms with E-state index in [1.54, 1.807) is 6.20 Å². The number of fused-ring (bicyclic) bond motifs is 1. The predicted octanol–water partition coefficient (Wildman–Crippen LogP) is 0.478. The number of Topliss-reactive ketones (excluding diaryl/α,β-unsaturated/α-hetero) is 1. The Morgan fingerprint density at radius 1 is 1.55 bits per heavy atom. The number of carbonyl (C=O) groups is 1. The van der Waals surface area contributed by atoms with Gasteiger partial charge in [-0.25, -0.2) is 0 Å². The van der Waals surface area contributed by atoms with Gasteiger partial charge in [0, 0.05) is 31.1 Å². The molecular formula is C8H10N2O. The van der Waals surface area contributed by atoms with Crippen molar-refractivity contribution < 1.29 is 4.79 Å². The Labute approximate surface area is 65.0 Å². The molecule has 0 spiro atoms. The van der Waals surface area contributed by atoms with Crippen LogP contribution in [0.25, 0.3) is 0 Å². The summed E-state index contributed by atoms with van der Waals surface area (Å²) in [6.07, 6.45) is 3.94. The third-order valence-electron chi connectivity index (χ3n) is 2.18. The maximum Gasteiger partial charge on any atom is 0.137 e. The van der Waals surface area contributed by atoms with E-state index in [1.807, 2.05) is 11.7 Å². The van der Waals surface area contributed by atoms with E-state index in [0.29, 0.717) is 18.6 Å². The maximum absolute atomic E-state index is 11.0. The van der Waals surface area contributed by atoms with E-state index in [4.69, 9.17) is 0 Å². The van der Waals surface area contributed by atoms with Gasteiger partial charge in [0.05, 0.1) is 6.20 Å². The van der Waals surface area contributed by atoms with Gasteiger partial charge >= 0.3 is 0 Å². The van der Waals surface area contributed by atoms with Crippen molar-refractivity contribution in [3.05, 3.63) is 17.5 Å². The van der Waals surface area contributed by atoms with Crippen LogP contribution in [0.2, 0.25) is 0 Å². The molecule has 2 rings (SSSR count). The number of hydrogen-bond donors (Lipinski definition) is 0. The first-order chi connectivity index (χ1) is 5.27. The van der Waals surface area contributed by atoms with Crippen LogP contribution in [0.3, 0.4) is 0 Å². The summed E-state index contributed by atoms with van der Waals surface area (Å²) in [7, 11) is 1.93. The summed E-state index contributed by atoms with van der Waals surface area (Å²) < 4.78 is 1.86. The van der Waals surface area contributed by atoms with Gasteiger partial charge < -0.3 is 0 Å². The minimum atomic E-state index is 0.338. The highest BCUT2D eigenvalue weighted by molar-refractivity contribution is 5.82. The standard InChI is InChI=1S/C8H10N2O/c1-10-8-3-2-7(11)4-6(8)5-9-10/h5H,2-4H2,1H3. The molecule has 3 nitrogen and oxygen atoms in total. The van der Waals surface area contributed by atoms with Crippen molar-refractivity contribution in [3.8, 4) is 0 Å². The number of rotatable bonds is 0. The zero-order chi connectivity index (χ0) is 7.84. The molecule has 11 heavy (non-hydrogen) atoms. The molecule has 0 radical (unpaired) electrons. The van der Waals surface area contributed by atoms with Gasteiger partial charge in [-0.1, -0.05) is 0 Å². The largest absolute Gasteiger partial charge is 0.299 e. The molecule has 0 bridgehead atoms. The average molecular weight is 150 g/mol. The zero-order valence-corrected chi connectivity index (χ0v) is 6.50. The first-order valence-corrected chi connectivity index (χ1v) is 3.79. The van der Waals surface area contributed by atoms with Gasteiger partial charge in [-0.2, -0.15) is 5.10 Å². The second-order valence-electron chi connectivity index (χ2n) is 2.96. The number of nitrogens with zero attached hydrogens (tertiary/aromatic N) is 2. The summed E-state index contributed by atoms with van der Waals surface area (Å²) >= 11 is 0. The fourth-order valence-corrected chi connectivity index (χ4v) is 1.54. The smallest absolute Gasteiger partial charge is 0.137 e. The zero-order valence-electron chi connectivity index (χ0n) is 6.50. The summed E-state index contributed by atoms with van der Waals surface area (Å²) in [6.45, 7) is 0. The molecule has 1 heterocycles. The minimum Gasteiger partial charge on any atom is -0.299 e. The highest BCUT2D eigenvalue weighted by atomic mass is 16.1. The van der Waals surface area contributed by atoms with Gasteiger partial charge in [-0.15, -0.1) is 0 Å². The van der Waals surface area contributed by atoms with Crippen LogP contribution in [0, 0.1) is 0 Å². The minimum absolute atomic E-state index is 0.338. The fraction of sp³-hybridized carbons (Fsp3) is 0.500. The van der Waals surface area contributed by atoms with Crippen LogP contribution in [0.15, 0.2) is 6.20 Å². The van der Waals surface area contributed by atoms with Gasteiger partial charge in [0.2, 0.25) is 0 Å². The highest BCUT2D eigenvalue weighted by Crippen LogP contribution is 2.17. The average Bonchev–Trinajstić information content (AvgIpc) is 2.32. The molecule has 0 saturated heterocycles. The second-order valence-corrected chi connectivity index (χ2v) is 2.96. The summed E-state index contributed by atoms with van der Waals surface area (Å²) in [5.74, 6) is 0.338. The Balaban J connectivity index is 2.44. The molecule has 0 aliphatic heterocycles. The molecule has 0 aromatic carbocycles. The molecule has 0 amide bonds. The number of ketones is 1. The number of aryl methyl sites for hydroxylation is 1. The number of aromatic nitrogens is 2. The molecule has 0 saturated carbocycles. The second kappa shape index (κ2) is 2.19. The first kappa shape index (κ1) is 6.58. The van der Waals surface area contributed by atoms with Crippen LogP contribution in [0.5, 0.6) is 0 Å². The highest BCUT2D eigenvalue weighted by Gasteiger charge is 2.18. The lowest BCUT2D eigenvalue weighted by molar-refractivity contribution is -0.118. The Morgan fingerprint density at radius 3 is 3.18 bits per heavy atom. The predicted molar refractivity (Wildman–Crippen MR) is 40.2 cm³/mol. The number of hydrogen-bond acceptors (Lipinski definition) is 2. The lowest BCUT2D eigenvalue weighted by Crippen LogP contribution is -2.14. The monoisotopic (exact) mass is 150 g/mol. The van der Waals surface area contributed by atoms with E-state index in [0.717, 1.165) is 12.0 Å². The van der Waals surface area contributed by atoms with Crippen molar-refractivity contribution in [2.75, 3.05) is 0 Å². The summed E-state index contributed by atoms with van der Waals surface area (Å²) in [4.78, 5) is 11.0. The van der Waals surface area contributed by atoms with Crippen molar-refractivity contribution in [3.63, 3.8) is 0 Å². The Hall–Kier alpha value is -1.12. The van der Waals surface area contributed by atoms with E-state index >= 15 is 0 Å². The van der Waals surface area contributed by atoms with Gasteiger partial charge in [-0.05, 0) is 6.42 Å². The molecule has 0 unspecified atom stereocenters. The van der Waals surface area contributed by atoms with Gasteiger partial charge in [0.1, 0.15) is 5.78 Å². The fourth-order valence-electron chi connectivity index (χ4n) is 1.54. The van der Waals surface area contributed by atoms with E-state index < -0.39 is 0 Å². The SMILES string of the molecule is Cn1ncc2c1CCC(=O)C2. The van der Waals surface area contributed by atoms with Crippen molar-refractivity contribution in [2.24, 2.45) is 7.05 Å². The molecule has 0 atom stereocenters. The van der Waals surface area contributed by atoms with Crippen LogP contribution >= 0.6 is 0 Å². The van der Waals surface area contributed by atoms with Crippen LogP contribution < -0.4 is 0 Å². The molecular weight excluding hydrogens is 140 g/mol. The van der Waals surface area contributed by atoms with Crippen molar-refractivity contribution in [1.82, 2.24) is 9.78 Å². The quantitative estimate of drug-likeness (QED) is 0.539. The van der Waals surface area contributed by atoms with Crippen LogP contribution in [-0.2, 0) is 24.7 Å². The summed E-state index contributed by atoms with van der Waals surface area (Å²) in [6, 6.07) is 0. The summed E-state index contributed by atoms with van der Waals surface area (Å²) in [5, 5.41) is 4.10. The lowest BCUT2D eigenvalue weighted by atomic mass is 9.97. The maximum atomic E-state index is 11.0. The van der Waals surface area contributed by atoms with Gasteiger partial charge in [0.15, 0.2) is 0 Å². The Morgan fingerprint density at radius 2 is 2.36 bits per heavy atom. The molecule has 1 aromatic heterocycles. The molecule has 0 fully saturated rings. The van der Waals surface area contributed by atoms with Crippen LogP contribution in [0.1, 0.15) is 17.7 Å². The van der Waals surface area contributed by atoms with E-state index in [2.05, 4.69) is 5.10 Å². The van der Waals surface area contributed by atoms with E-state index in [-0.39, 0.29) is 0 Å². The molecule has 1 aliphatic carbocycles. The Bertz CT molecular complexity index is 301.